The molecule has 2 aliphatic carbocycles. The molecule has 2 aliphatic rings. The van der Waals surface area contributed by atoms with Crippen LogP contribution in [0.2, 0.25) is 0 Å². The van der Waals surface area contributed by atoms with Gasteiger partial charge < -0.3 is 0 Å². The Hall–Kier alpha value is -0.660. The first-order valence-electron chi connectivity index (χ1n) is 6.90. The van der Waals surface area contributed by atoms with Gasteiger partial charge in [-0.3, -0.25) is 0 Å². The molecule has 2 nitrogen and oxygen atoms in total. The maximum Gasteiger partial charge on any atom is 0.0433 e. The van der Waals surface area contributed by atoms with Crippen LogP contribution in [0, 0.1) is 11.8 Å². The van der Waals surface area contributed by atoms with Gasteiger partial charge in [-0.05, 0) is 50.4 Å². The average molecular weight is 220 g/mol. The summed E-state index contributed by atoms with van der Waals surface area (Å²) in [6.45, 7) is 4.59. The van der Waals surface area contributed by atoms with E-state index >= 15 is 0 Å². The summed E-state index contributed by atoms with van der Waals surface area (Å²) >= 11 is 0. The molecular formula is C14H24N2. The third kappa shape index (κ3) is 2.93. The van der Waals surface area contributed by atoms with Crippen molar-refractivity contribution in [2.75, 3.05) is 0 Å². The van der Waals surface area contributed by atoms with Gasteiger partial charge in [0.05, 0.1) is 0 Å². The summed E-state index contributed by atoms with van der Waals surface area (Å²) in [5.74, 6) is 1.33. The van der Waals surface area contributed by atoms with Crippen LogP contribution in [0.3, 0.4) is 0 Å². The van der Waals surface area contributed by atoms with Crippen molar-refractivity contribution in [3.63, 3.8) is 0 Å². The van der Waals surface area contributed by atoms with Gasteiger partial charge in [-0.2, -0.15) is 10.2 Å². The highest BCUT2D eigenvalue weighted by atomic mass is 15.2. The number of rotatable bonds is 1. The lowest BCUT2D eigenvalue weighted by molar-refractivity contribution is 0.550. The zero-order valence-electron chi connectivity index (χ0n) is 10.7. The molecule has 0 saturated heterocycles. The van der Waals surface area contributed by atoms with E-state index in [0.29, 0.717) is 11.8 Å². The van der Waals surface area contributed by atoms with Gasteiger partial charge in [-0.15, -0.1) is 0 Å². The van der Waals surface area contributed by atoms with Gasteiger partial charge in [0.15, 0.2) is 0 Å². The predicted octanol–water partition coefficient (Wildman–Crippen LogP) is 4.20. The fourth-order valence-electron chi connectivity index (χ4n) is 2.76. The minimum Gasteiger partial charge on any atom is -0.160 e. The van der Waals surface area contributed by atoms with Crippen LogP contribution in [-0.4, -0.2) is 11.4 Å². The SMILES string of the molecule is CC1CCCC/C1=N/N=C1\CCCCC1C. The van der Waals surface area contributed by atoms with Gasteiger partial charge in [0.25, 0.3) is 0 Å². The largest absolute Gasteiger partial charge is 0.160 e. The molecule has 0 heterocycles. The normalized spacial score (nSPS) is 36.9. The first-order chi connectivity index (χ1) is 7.77. The number of nitrogens with zero attached hydrogens (tertiary/aromatic N) is 2. The van der Waals surface area contributed by atoms with Crippen LogP contribution in [0.25, 0.3) is 0 Å². The Balaban J connectivity index is 2.02. The Bertz CT molecular complexity index is 261. The molecular weight excluding hydrogens is 196 g/mol. The molecule has 2 heteroatoms. The first kappa shape index (κ1) is 11.8. The minimum absolute atomic E-state index is 0.664. The molecule has 0 bridgehead atoms. The molecule has 0 N–H and O–H groups in total. The molecule has 0 amide bonds. The van der Waals surface area contributed by atoms with Gasteiger partial charge in [-0.1, -0.05) is 26.7 Å². The van der Waals surface area contributed by atoms with E-state index in [1.807, 2.05) is 0 Å². The Morgan fingerprint density at radius 2 is 1.19 bits per heavy atom. The highest BCUT2D eigenvalue weighted by Gasteiger charge is 2.18. The van der Waals surface area contributed by atoms with E-state index in [1.165, 1.54) is 62.8 Å². The van der Waals surface area contributed by atoms with Crippen LogP contribution < -0.4 is 0 Å². The fourth-order valence-corrected chi connectivity index (χ4v) is 2.76. The van der Waals surface area contributed by atoms with Crippen molar-refractivity contribution in [2.24, 2.45) is 22.0 Å². The van der Waals surface area contributed by atoms with Crippen molar-refractivity contribution in [3.05, 3.63) is 0 Å². The highest BCUT2D eigenvalue weighted by Crippen LogP contribution is 2.23. The molecule has 0 aromatic carbocycles. The Morgan fingerprint density at radius 3 is 1.56 bits per heavy atom. The Kier molecular flexibility index (Phi) is 4.14. The van der Waals surface area contributed by atoms with Gasteiger partial charge in [0.1, 0.15) is 0 Å². The van der Waals surface area contributed by atoms with E-state index in [1.54, 1.807) is 0 Å². The second-order valence-electron chi connectivity index (χ2n) is 5.48. The van der Waals surface area contributed by atoms with Crippen molar-refractivity contribution in [3.8, 4) is 0 Å². The smallest absolute Gasteiger partial charge is 0.0433 e. The van der Waals surface area contributed by atoms with Crippen LogP contribution >= 0.6 is 0 Å². The highest BCUT2D eigenvalue weighted by molar-refractivity contribution is 5.90. The molecule has 2 unspecified atom stereocenters. The Morgan fingerprint density at radius 1 is 0.750 bits per heavy atom. The summed E-state index contributed by atoms with van der Waals surface area (Å²) in [7, 11) is 0. The average Bonchev–Trinajstić information content (AvgIpc) is 2.30. The van der Waals surface area contributed by atoms with E-state index in [-0.39, 0.29) is 0 Å². The standard InChI is InChI=1S/C14H24N2/c1-11-7-3-5-9-13(11)15-16-14-10-6-4-8-12(14)2/h11-12H,3-10H2,1-2H3/b15-13-,16-14+. The zero-order chi connectivity index (χ0) is 11.4. The van der Waals surface area contributed by atoms with Gasteiger partial charge >= 0.3 is 0 Å². The summed E-state index contributed by atoms with van der Waals surface area (Å²) in [5, 5.41) is 9.09. The maximum atomic E-state index is 4.54. The quantitative estimate of drug-likeness (QED) is 0.592. The van der Waals surface area contributed by atoms with E-state index in [0.717, 1.165) is 0 Å². The van der Waals surface area contributed by atoms with E-state index in [4.69, 9.17) is 0 Å². The molecule has 0 aliphatic heterocycles. The molecule has 0 aromatic rings. The van der Waals surface area contributed by atoms with Crippen molar-refractivity contribution >= 4 is 11.4 Å². The number of hydrogen-bond acceptors (Lipinski definition) is 2. The molecule has 0 radical (unpaired) electrons. The van der Waals surface area contributed by atoms with Crippen LogP contribution in [0.1, 0.15) is 65.2 Å². The second kappa shape index (κ2) is 5.60. The van der Waals surface area contributed by atoms with Crippen molar-refractivity contribution in [1.29, 1.82) is 0 Å². The Labute approximate surface area is 99.2 Å². The zero-order valence-corrected chi connectivity index (χ0v) is 10.7. The lowest BCUT2D eigenvalue weighted by atomic mass is 9.88. The van der Waals surface area contributed by atoms with Crippen LogP contribution in [0.15, 0.2) is 10.2 Å². The van der Waals surface area contributed by atoms with Crippen molar-refractivity contribution < 1.29 is 0 Å². The van der Waals surface area contributed by atoms with Crippen molar-refractivity contribution in [1.82, 2.24) is 0 Å². The van der Waals surface area contributed by atoms with Crippen LogP contribution in [0.5, 0.6) is 0 Å². The van der Waals surface area contributed by atoms with Gasteiger partial charge in [0.2, 0.25) is 0 Å². The summed E-state index contributed by atoms with van der Waals surface area (Å²) in [5.41, 5.74) is 2.69. The third-order valence-electron chi connectivity index (χ3n) is 4.08. The van der Waals surface area contributed by atoms with Gasteiger partial charge in [-0.25, -0.2) is 0 Å². The topological polar surface area (TPSA) is 24.7 Å². The monoisotopic (exact) mass is 220 g/mol. The number of hydrogen-bond donors (Lipinski definition) is 0. The summed E-state index contributed by atoms with van der Waals surface area (Å²) in [6, 6.07) is 0. The van der Waals surface area contributed by atoms with Crippen molar-refractivity contribution in [2.45, 2.75) is 65.2 Å². The molecule has 0 aromatic heterocycles. The lowest BCUT2D eigenvalue weighted by Crippen LogP contribution is -2.18. The lowest BCUT2D eigenvalue weighted by Gasteiger charge is -2.21. The van der Waals surface area contributed by atoms with Crippen LogP contribution in [-0.2, 0) is 0 Å². The molecule has 90 valence electrons. The first-order valence-corrected chi connectivity index (χ1v) is 6.90. The molecule has 2 saturated carbocycles. The molecule has 16 heavy (non-hydrogen) atoms. The molecule has 2 fully saturated rings. The summed E-state index contributed by atoms with van der Waals surface area (Å²) in [4.78, 5) is 0. The summed E-state index contributed by atoms with van der Waals surface area (Å²) in [6.07, 6.45) is 10.3. The van der Waals surface area contributed by atoms with Crippen LogP contribution in [0.4, 0.5) is 0 Å². The van der Waals surface area contributed by atoms with Gasteiger partial charge in [0, 0.05) is 11.4 Å². The third-order valence-corrected chi connectivity index (χ3v) is 4.08. The summed E-state index contributed by atoms with van der Waals surface area (Å²) < 4.78 is 0. The fraction of sp³-hybridized carbons (Fsp3) is 0.857. The molecule has 0 spiro atoms. The predicted molar refractivity (Wildman–Crippen MR) is 70.1 cm³/mol. The van der Waals surface area contributed by atoms with E-state index in [2.05, 4.69) is 24.1 Å². The maximum absolute atomic E-state index is 4.54. The molecule has 2 rings (SSSR count). The van der Waals surface area contributed by atoms with E-state index in [9.17, 15) is 0 Å². The second-order valence-corrected chi connectivity index (χ2v) is 5.48. The van der Waals surface area contributed by atoms with E-state index < -0.39 is 0 Å². The minimum atomic E-state index is 0.664. The molecule has 2 atom stereocenters.